The number of Topliss-reactive ketones (excluding diaryl/α,β-unsaturated/α-hetero) is 1. The van der Waals surface area contributed by atoms with Crippen molar-refractivity contribution in [3.05, 3.63) is 35.1 Å². The van der Waals surface area contributed by atoms with Crippen LogP contribution in [0.2, 0.25) is 0 Å². The van der Waals surface area contributed by atoms with E-state index in [1.807, 2.05) is 25.9 Å². The first-order valence-electron chi connectivity index (χ1n) is 4.95. The average Bonchev–Trinajstić information content (AvgIpc) is 2.18. The summed E-state index contributed by atoms with van der Waals surface area (Å²) in [5, 5.41) is 0. The largest absolute Gasteiger partial charge is 0.309 e. The fourth-order valence-corrected chi connectivity index (χ4v) is 1.31. The highest BCUT2D eigenvalue weighted by Crippen LogP contribution is 2.12. The van der Waals surface area contributed by atoms with Gasteiger partial charge in [-0.15, -0.1) is 0 Å². The number of rotatable bonds is 4. The van der Waals surface area contributed by atoms with Gasteiger partial charge in [0.1, 0.15) is 5.82 Å². The van der Waals surface area contributed by atoms with Crippen LogP contribution in [0.25, 0.3) is 0 Å². The Morgan fingerprint density at radius 2 is 2.07 bits per heavy atom. The van der Waals surface area contributed by atoms with Gasteiger partial charge in [0.25, 0.3) is 0 Å². The van der Waals surface area contributed by atoms with Crippen LogP contribution in [0.3, 0.4) is 0 Å². The van der Waals surface area contributed by atoms with Gasteiger partial charge in [0.2, 0.25) is 0 Å². The molecule has 15 heavy (non-hydrogen) atoms. The highest BCUT2D eigenvalue weighted by molar-refractivity contribution is 5.96. The Bertz CT molecular complexity index is 361. The maximum atomic E-state index is 13.3. The monoisotopic (exact) mass is 209 g/mol. The van der Waals surface area contributed by atoms with E-state index in [2.05, 4.69) is 0 Å². The van der Waals surface area contributed by atoms with E-state index in [1.54, 1.807) is 12.1 Å². The number of carbonyl (C=O) groups is 1. The molecule has 0 amide bonds. The van der Waals surface area contributed by atoms with Crippen LogP contribution >= 0.6 is 0 Å². The maximum absolute atomic E-state index is 13.3. The van der Waals surface area contributed by atoms with Crippen LogP contribution in [0, 0.1) is 12.7 Å². The number of ketones is 1. The zero-order valence-corrected chi connectivity index (χ0v) is 9.38. The van der Waals surface area contributed by atoms with E-state index in [0.29, 0.717) is 13.0 Å². The molecule has 0 atom stereocenters. The summed E-state index contributed by atoms with van der Waals surface area (Å²) in [6.07, 6.45) is 0.355. The Hall–Kier alpha value is -1.22. The molecule has 0 heterocycles. The van der Waals surface area contributed by atoms with Crippen LogP contribution in [0.15, 0.2) is 18.2 Å². The zero-order chi connectivity index (χ0) is 11.4. The van der Waals surface area contributed by atoms with Gasteiger partial charge in [-0.05, 0) is 33.2 Å². The first-order chi connectivity index (χ1) is 7.00. The van der Waals surface area contributed by atoms with E-state index < -0.39 is 5.82 Å². The molecular formula is C12H16FNO. The molecule has 1 rings (SSSR count). The van der Waals surface area contributed by atoms with Crippen molar-refractivity contribution in [2.45, 2.75) is 13.3 Å². The van der Waals surface area contributed by atoms with Gasteiger partial charge in [-0.3, -0.25) is 4.79 Å². The fraction of sp³-hybridized carbons (Fsp3) is 0.417. The highest BCUT2D eigenvalue weighted by Gasteiger charge is 2.11. The van der Waals surface area contributed by atoms with Crippen molar-refractivity contribution in [1.29, 1.82) is 0 Å². The van der Waals surface area contributed by atoms with Gasteiger partial charge in [-0.1, -0.05) is 11.6 Å². The second kappa shape index (κ2) is 5.03. The number of aryl methyl sites for hydroxylation is 1. The van der Waals surface area contributed by atoms with Crippen molar-refractivity contribution in [2.24, 2.45) is 0 Å². The summed E-state index contributed by atoms with van der Waals surface area (Å²) in [6, 6.07) is 4.61. The first kappa shape index (κ1) is 11.9. The van der Waals surface area contributed by atoms with Crippen molar-refractivity contribution in [3.8, 4) is 0 Å². The zero-order valence-electron chi connectivity index (χ0n) is 9.38. The van der Waals surface area contributed by atoms with Crippen molar-refractivity contribution >= 4 is 5.78 Å². The van der Waals surface area contributed by atoms with E-state index >= 15 is 0 Å². The summed E-state index contributed by atoms with van der Waals surface area (Å²) < 4.78 is 13.3. The molecule has 0 N–H and O–H groups in total. The van der Waals surface area contributed by atoms with Crippen molar-refractivity contribution in [1.82, 2.24) is 4.90 Å². The Labute approximate surface area is 89.7 Å². The Balaban J connectivity index is 2.77. The van der Waals surface area contributed by atoms with Gasteiger partial charge in [-0.25, -0.2) is 4.39 Å². The lowest BCUT2D eigenvalue weighted by Gasteiger charge is -2.09. The van der Waals surface area contributed by atoms with Crippen LogP contribution < -0.4 is 0 Å². The molecule has 82 valence electrons. The molecule has 0 unspecified atom stereocenters. The van der Waals surface area contributed by atoms with Gasteiger partial charge >= 0.3 is 0 Å². The van der Waals surface area contributed by atoms with Gasteiger partial charge in [-0.2, -0.15) is 0 Å². The second-order valence-corrected chi connectivity index (χ2v) is 3.96. The molecule has 3 heteroatoms. The lowest BCUT2D eigenvalue weighted by Crippen LogP contribution is -2.17. The molecule has 0 saturated heterocycles. The first-order valence-corrected chi connectivity index (χ1v) is 4.95. The van der Waals surface area contributed by atoms with Crippen molar-refractivity contribution in [3.63, 3.8) is 0 Å². The van der Waals surface area contributed by atoms with Gasteiger partial charge in [0.15, 0.2) is 5.78 Å². The number of benzene rings is 1. The Kier molecular flexibility index (Phi) is 3.97. The standard InChI is InChI=1S/C12H16FNO/c1-9-4-5-11(13)10(8-9)12(15)6-7-14(2)3/h4-5,8H,6-7H2,1-3H3. The molecule has 1 aromatic carbocycles. The molecule has 0 aromatic heterocycles. The van der Waals surface area contributed by atoms with E-state index in [0.717, 1.165) is 5.56 Å². The summed E-state index contributed by atoms with van der Waals surface area (Å²) in [5.41, 5.74) is 1.11. The minimum atomic E-state index is -0.427. The molecule has 0 saturated carbocycles. The molecular weight excluding hydrogens is 193 g/mol. The van der Waals surface area contributed by atoms with Crippen LogP contribution in [0.5, 0.6) is 0 Å². The third-order valence-electron chi connectivity index (χ3n) is 2.21. The predicted octanol–water partition coefficient (Wildman–Crippen LogP) is 2.27. The lowest BCUT2D eigenvalue weighted by atomic mass is 10.0. The van der Waals surface area contributed by atoms with E-state index in [9.17, 15) is 9.18 Å². The van der Waals surface area contributed by atoms with E-state index in [-0.39, 0.29) is 11.3 Å². The Morgan fingerprint density at radius 1 is 1.40 bits per heavy atom. The van der Waals surface area contributed by atoms with Crippen LogP contribution in [0.4, 0.5) is 4.39 Å². The summed E-state index contributed by atoms with van der Waals surface area (Å²) >= 11 is 0. The van der Waals surface area contributed by atoms with E-state index in [4.69, 9.17) is 0 Å². The SMILES string of the molecule is Cc1ccc(F)c(C(=O)CCN(C)C)c1. The van der Waals surface area contributed by atoms with Crippen molar-refractivity contribution in [2.75, 3.05) is 20.6 Å². The molecule has 0 radical (unpaired) electrons. The average molecular weight is 209 g/mol. The molecule has 0 fully saturated rings. The smallest absolute Gasteiger partial charge is 0.167 e. The van der Waals surface area contributed by atoms with Crippen LogP contribution in [-0.2, 0) is 0 Å². The number of halogens is 1. The summed E-state index contributed by atoms with van der Waals surface area (Å²) in [4.78, 5) is 13.6. The minimum absolute atomic E-state index is 0.134. The Morgan fingerprint density at radius 3 is 2.67 bits per heavy atom. The topological polar surface area (TPSA) is 20.3 Å². The van der Waals surface area contributed by atoms with Gasteiger partial charge in [0, 0.05) is 13.0 Å². The number of hydrogen-bond acceptors (Lipinski definition) is 2. The van der Waals surface area contributed by atoms with Crippen LogP contribution in [0.1, 0.15) is 22.3 Å². The normalized spacial score (nSPS) is 10.7. The molecule has 0 aliphatic rings. The number of hydrogen-bond donors (Lipinski definition) is 0. The molecule has 0 aliphatic heterocycles. The minimum Gasteiger partial charge on any atom is -0.309 e. The van der Waals surface area contributed by atoms with E-state index in [1.165, 1.54) is 6.07 Å². The third-order valence-corrected chi connectivity index (χ3v) is 2.21. The molecule has 2 nitrogen and oxygen atoms in total. The van der Waals surface area contributed by atoms with Crippen molar-refractivity contribution < 1.29 is 9.18 Å². The lowest BCUT2D eigenvalue weighted by molar-refractivity contribution is 0.0968. The van der Waals surface area contributed by atoms with Gasteiger partial charge in [0.05, 0.1) is 5.56 Å². The third kappa shape index (κ3) is 3.44. The molecule has 1 aromatic rings. The summed E-state index contributed by atoms with van der Waals surface area (Å²) in [6.45, 7) is 2.49. The second-order valence-electron chi connectivity index (χ2n) is 3.96. The number of nitrogens with zero attached hydrogens (tertiary/aromatic N) is 1. The summed E-state index contributed by atoms with van der Waals surface area (Å²) in [5.74, 6) is -0.561. The molecule has 0 spiro atoms. The predicted molar refractivity (Wildman–Crippen MR) is 58.6 cm³/mol. The number of carbonyl (C=O) groups excluding carboxylic acids is 1. The fourth-order valence-electron chi connectivity index (χ4n) is 1.31. The quantitative estimate of drug-likeness (QED) is 0.709. The highest BCUT2D eigenvalue weighted by atomic mass is 19.1. The molecule has 0 bridgehead atoms. The van der Waals surface area contributed by atoms with Gasteiger partial charge < -0.3 is 4.90 Å². The summed E-state index contributed by atoms with van der Waals surface area (Å²) in [7, 11) is 3.78. The molecule has 0 aliphatic carbocycles. The maximum Gasteiger partial charge on any atom is 0.167 e. The van der Waals surface area contributed by atoms with Crippen LogP contribution in [-0.4, -0.2) is 31.3 Å².